The van der Waals surface area contributed by atoms with Gasteiger partial charge in [-0.1, -0.05) is 22.0 Å². The second kappa shape index (κ2) is 7.83. The summed E-state index contributed by atoms with van der Waals surface area (Å²) >= 11 is 2.85. The average Bonchev–Trinajstić information content (AvgIpc) is 3.46. The van der Waals surface area contributed by atoms with Crippen molar-refractivity contribution in [3.63, 3.8) is 0 Å². The van der Waals surface area contributed by atoms with Gasteiger partial charge < -0.3 is 15.2 Å². The fraction of sp³-hybridized carbons (Fsp3) is 0.263. The van der Waals surface area contributed by atoms with Gasteiger partial charge in [-0.15, -0.1) is 0 Å². The number of ether oxygens (including phenoxy) is 1. The average molecular weight is 458 g/mol. The predicted octanol–water partition coefficient (Wildman–Crippen LogP) is 5.09. The summed E-state index contributed by atoms with van der Waals surface area (Å²) < 4.78 is 44.2. The Morgan fingerprint density at radius 1 is 1.18 bits per heavy atom. The molecule has 5 nitrogen and oxygen atoms in total. The van der Waals surface area contributed by atoms with E-state index in [4.69, 9.17) is 4.74 Å². The number of rotatable bonds is 6. The van der Waals surface area contributed by atoms with E-state index in [9.17, 15) is 27.9 Å². The molecule has 3 rings (SSSR count). The second-order valence-electron chi connectivity index (χ2n) is 6.38. The van der Waals surface area contributed by atoms with Crippen LogP contribution in [0.15, 0.2) is 40.9 Å². The second-order valence-corrected chi connectivity index (χ2v) is 7.23. The Bertz CT molecular complexity index is 926. The molecule has 0 heterocycles. The van der Waals surface area contributed by atoms with Crippen LogP contribution in [0.3, 0.4) is 0 Å². The molecule has 1 fully saturated rings. The molecular weight excluding hydrogens is 443 g/mol. The third-order valence-corrected chi connectivity index (χ3v) is 4.86. The number of alkyl halides is 3. The van der Waals surface area contributed by atoms with Crippen LogP contribution in [-0.4, -0.2) is 17.0 Å². The lowest BCUT2D eigenvalue weighted by Crippen LogP contribution is -2.16. The van der Waals surface area contributed by atoms with Gasteiger partial charge in [0, 0.05) is 10.4 Å². The zero-order chi connectivity index (χ0) is 20.5. The van der Waals surface area contributed by atoms with Crippen LogP contribution in [0.2, 0.25) is 0 Å². The van der Waals surface area contributed by atoms with Gasteiger partial charge in [-0.25, -0.2) is 4.79 Å². The van der Waals surface area contributed by atoms with E-state index in [-0.39, 0.29) is 39.9 Å². The van der Waals surface area contributed by atoms with Crippen molar-refractivity contribution in [1.29, 1.82) is 0 Å². The van der Waals surface area contributed by atoms with E-state index in [1.165, 1.54) is 24.3 Å². The molecular formula is C19H15BrF3NO4. The minimum Gasteiger partial charge on any atom is -0.489 e. The fourth-order valence-electron chi connectivity index (χ4n) is 2.53. The first-order chi connectivity index (χ1) is 13.1. The van der Waals surface area contributed by atoms with Crippen LogP contribution in [0.25, 0.3) is 0 Å². The molecule has 28 heavy (non-hydrogen) atoms. The van der Waals surface area contributed by atoms with Crippen molar-refractivity contribution >= 4 is 33.5 Å². The first kappa shape index (κ1) is 20.2. The van der Waals surface area contributed by atoms with Crippen molar-refractivity contribution in [2.75, 3.05) is 5.32 Å². The van der Waals surface area contributed by atoms with E-state index in [0.29, 0.717) is 5.56 Å². The van der Waals surface area contributed by atoms with E-state index in [2.05, 4.69) is 21.2 Å². The maximum Gasteiger partial charge on any atom is 0.417 e. The molecule has 1 amide bonds. The van der Waals surface area contributed by atoms with Gasteiger partial charge in [0.25, 0.3) is 0 Å². The molecule has 0 aliphatic heterocycles. The Morgan fingerprint density at radius 3 is 2.50 bits per heavy atom. The standard InChI is InChI=1S/C19H15BrF3NO4/c20-15-5-4-12(8-14(15)19(21,22)23)28-9-10-1-6-16(13(7-10)18(26)27)24-17(25)11-2-3-11/h1,4-8,11H,2-3,9H2,(H,24,25)(H,26,27). The first-order valence-corrected chi connectivity index (χ1v) is 9.11. The molecule has 1 aliphatic rings. The van der Waals surface area contributed by atoms with Crippen LogP contribution in [0.5, 0.6) is 5.75 Å². The van der Waals surface area contributed by atoms with Crippen LogP contribution >= 0.6 is 15.9 Å². The monoisotopic (exact) mass is 457 g/mol. The van der Waals surface area contributed by atoms with Gasteiger partial charge in [0.2, 0.25) is 5.91 Å². The number of hydrogen-bond donors (Lipinski definition) is 2. The Hall–Kier alpha value is -2.55. The molecule has 0 unspecified atom stereocenters. The lowest BCUT2D eigenvalue weighted by Gasteiger charge is -2.13. The zero-order valence-corrected chi connectivity index (χ0v) is 15.9. The van der Waals surface area contributed by atoms with E-state index < -0.39 is 17.7 Å². The largest absolute Gasteiger partial charge is 0.489 e. The number of amides is 1. The summed E-state index contributed by atoms with van der Waals surface area (Å²) in [7, 11) is 0. The Balaban J connectivity index is 1.75. The molecule has 148 valence electrons. The molecule has 2 N–H and O–H groups in total. The minimum absolute atomic E-state index is 0.00138. The molecule has 2 aromatic carbocycles. The van der Waals surface area contributed by atoms with Crippen molar-refractivity contribution in [3.05, 3.63) is 57.6 Å². The van der Waals surface area contributed by atoms with Crippen molar-refractivity contribution < 1.29 is 32.6 Å². The predicted molar refractivity (Wildman–Crippen MR) is 98.2 cm³/mol. The number of nitrogens with one attached hydrogen (secondary N) is 1. The molecule has 0 bridgehead atoms. The summed E-state index contributed by atoms with van der Waals surface area (Å²) in [4.78, 5) is 23.3. The number of carbonyl (C=O) groups is 2. The quantitative estimate of drug-likeness (QED) is 0.632. The van der Waals surface area contributed by atoms with Crippen LogP contribution in [-0.2, 0) is 17.6 Å². The fourth-order valence-corrected chi connectivity index (χ4v) is 3.00. The third-order valence-electron chi connectivity index (χ3n) is 4.17. The minimum atomic E-state index is -4.53. The number of aromatic carboxylic acids is 1. The Labute approximate surface area is 166 Å². The van der Waals surface area contributed by atoms with Crippen molar-refractivity contribution in [1.82, 2.24) is 0 Å². The number of halogens is 4. The SMILES string of the molecule is O=C(O)c1cc(COc2ccc(Br)c(C(F)(F)F)c2)ccc1NC(=O)C1CC1. The van der Waals surface area contributed by atoms with Crippen molar-refractivity contribution in [3.8, 4) is 5.75 Å². The lowest BCUT2D eigenvalue weighted by molar-refractivity contribution is -0.138. The van der Waals surface area contributed by atoms with Crippen LogP contribution in [0, 0.1) is 5.92 Å². The molecule has 0 radical (unpaired) electrons. The van der Waals surface area contributed by atoms with Gasteiger partial charge in [0.05, 0.1) is 16.8 Å². The summed E-state index contributed by atoms with van der Waals surface area (Å²) in [6, 6.07) is 7.81. The summed E-state index contributed by atoms with van der Waals surface area (Å²) in [5, 5.41) is 12.0. The summed E-state index contributed by atoms with van der Waals surface area (Å²) in [5.41, 5.74) is -0.356. The molecule has 9 heteroatoms. The molecule has 2 aromatic rings. The topological polar surface area (TPSA) is 75.6 Å². The zero-order valence-electron chi connectivity index (χ0n) is 14.3. The normalized spacial score (nSPS) is 13.9. The maximum absolute atomic E-state index is 13.0. The van der Waals surface area contributed by atoms with Gasteiger partial charge in [-0.2, -0.15) is 13.2 Å². The van der Waals surface area contributed by atoms with Gasteiger partial charge in [0.15, 0.2) is 0 Å². The van der Waals surface area contributed by atoms with E-state index in [1.807, 2.05) is 0 Å². The highest BCUT2D eigenvalue weighted by Crippen LogP contribution is 2.37. The van der Waals surface area contributed by atoms with Crippen LogP contribution in [0.1, 0.15) is 34.3 Å². The number of benzene rings is 2. The highest BCUT2D eigenvalue weighted by molar-refractivity contribution is 9.10. The van der Waals surface area contributed by atoms with E-state index in [1.54, 1.807) is 6.07 Å². The Morgan fingerprint density at radius 2 is 1.89 bits per heavy atom. The van der Waals surface area contributed by atoms with E-state index >= 15 is 0 Å². The van der Waals surface area contributed by atoms with Gasteiger partial charge in [0.1, 0.15) is 12.4 Å². The molecule has 1 saturated carbocycles. The highest BCUT2D eigenvalue weighted by atomic mass is 79.9. The number of carboxylic acids is 1. The molecule has 0 spiro atoms. The highest BCUT2D eigenvalue weighted by Gasteiger charge is 2.33. The lowest BCUT2D eigenvalue weighted by atomic mass is 10.1. The Kier molecular flexibility index (Phi) is 5.64. The van der Waals surface area contributed by atoms with Gasteiger partial charge in [-0.3, -0.25) is 4.79 Å². The van der Waals surface area contributed by atoms with Crippen LogP contribution in [0.4, 0.5) is 18.9 Å². The number of hydrogen-bond acceptors (Lipinski definition) is 3. The van der Waals surface area contributed by atoms with Gasteiger partial charge in [-0.05, 0) is 48.7 Å². The summed E-state index contributed by atoms with van der Waals surface area (Å²) in [6.45, 7) is -0.129. The van der Waals surface area contributed by atoms with Crippen molar-refractivity contribution in [2.24, 2.45) is 5.92 Å². The number of anilines is 1. The van der Waals surface area contributed by atoms with Gasteiger partial charge >= 0.3 is 12.1 Å². The summed E-state index contributed by atoms with van der Waals surface area (Å²) in [6.07, 6.45) is -2.96. The molecule has 0 saturated heterocycles. The molecule has 0 atom stereocenters. The summed E-state index contributed by atoms with van der Waals surface area (Å²) in [5.74, 6) is -1.53. The maximum atomic E-state index is 13.0. The number of carbonyl (C=O) groups excluding carboxylic acids is 1. The van der Waals surface area contributed by atoms with Crippen LogP contribution < -0.4 is 10.1 Å². The molecule has 1 aliphatic carbocycles. The van der Waals surface area contributed by atoms with Crippen molar-refractivity contribution in [2.45, 2.75) is 25.6 Å². The smallest absolute Gasteiger partial charge is 0.417 e. The molecule has 0 aromatic heterocycles. The van der Waals surface area contributed by atoms with E-state index in [0.717, 1.165) is 18.9 Å². The third kappa shape index (κ3) is 4.83. The first-order valence-electron chi connectivity index (χ1n) is 8.32. The number of carboxylic acid groups (broad SMARTS) is 1.